The van der Waals surface area contributed by atoms with Crippen LogP contribution in [0.15, 0.2) is 24.5 Å². The number of methoxy groups -OCH3 is 1. The summed E-state index contributed by atoms with van der Waals surface area (Å²) in [6.45, 7) is 3.95. The number of ether oxygens (including phenoxy) is 1. The lowest BCUT2D eigenvalue weighted by molar-refractivity contribution is 0.412. The zero-order valence-corrected chi connectivity index (χ0v) is 11.4. The average Bonchev–Trinajstić information content (AvgIpc) is 2.46. The van der Waals surface area contributed by atoms with E-state index in [1.165, 1.54) is 0 Å². The fourth-order valence-corrected chi connectivity index (χ4v) is 1.98. The van der Waals surface area contributed by atoms with Gasteiger partial charge in [-0.3, -0.25) is 4.98 Å². The second-order valence-corrected chi connectivity index (χ2v) is 4.38. The molecule has 0 radical (unpaired) electrons. The molecule has 0 saturated carbocycles. The van der Waals surface area contributed by atoms with E-state index in [9.17, 15) is 0 Å². The number of aromatic nitrogens is 3. The van der Waals surface area contributed by atoms with E-state index in [1.807, 2.05) is 26.0 Å². The predicted molar refractivity (Wildman–Crippen MR) is 73.0 cm³/mol. The van der Waals surface area contributed by atoms with Crippen LogP contribution in [0.3, 0.4) is 0 Å². The van der Waals surface area contributed by atoms with Crippen molar-refractivity contribution in [3.63, 3.8) is 0 Å². The van der Waals surface area contributed by atoms with Crippen molar-refractivity contribution in [1.29, 1.82) is 0 Å². The number of rotatable bonds is 4. The number of hydrogen-bond donors (Lipinski definition) is 1. The molecule has 0 fully saturated rings. The Balaban J connectivity index is 2.42. The van der Waals surface area contributed by atoms with Gasteiger partial charge >= 0.3 is 0 Å². The van der Waals surface area contributed by atoms with Gasteiger partial charge in [0, 0.05) is 6.20 Å². The minimum absolute atomic E-state index is 0.272. The van der Waals surface area contributed by atoms with E-state index in [1.54, 1.807) is 19.5 Å². The highest BCUT2D eigenvalue weighted by atomic mass is 16.5. The maximum atomic E-state index is 6.32. The molecule has 5 nitrogen and oxygen atoms in total. The molecule has 0 aliphatic carbocycles. The summed E-state index contributed by atoms with van der Waals surface area (Å²) in [7, 11) is 1.61. The maximum absolute atomic E-state index is 6.32. The number of pyridine rings is 1. The molecule has 19 heavy (non-hydrogen) atoms. The van der Waals surface area contributed by atoms with Crippen molar-refractivity contribution in [3.05, 3.63) is 47.0 Å². The quantitative estimate of drug-likeness (QED) is 0.905. The molecule has 0 amide bonds. The second-order valence-electron chi connectivity index (χ2n) is 4.38. The summed E-state index contributed by atoms with van der Waals surface area (Å²) in [5.74, 6) is 0.699. The molecule has 1 atom stereocenters. The third kappa shape index (κ3) is 2.88. The monoisotopic (exact) mass is 258 g/mol. The Morgan fingerprint density at radius 2 is 2.05 bits per heavy atom. The molecule has 1 unspecified atom stereocenters. The van der Waals surface area contributed by atoms with Crippen LogP contribution in [0.5, 0.6) is 5.75 Å². The fraction of sp³-hybridized carbons (Fsp3) is 0.357. The molecule has 0 aliphatic rings. The molecule has 2 aromatic heterocycles. The van der Waals surface area contributed by atoms with Gasteiger partial charge in [0.05, 0.1) is 30.7 Å². The first kappa shape index (κ1) is 13.4. The summed E-state index contributed by atoms with van der Waals surface area (Å²) in [6.07, 6.45) is 4.21. The number of aryl methyl sites for hydroxylation is 2. The average molecular weight is 258 g/mol. The van der Waals surface area contributed by atoms with Gasteiger partial charge in [-0.05, 0) is 36.6 Å². The van der Waals surface area contributed by atoms with E-state index in [0.717, 1.165) is 28.9 Å². The van der Waals surface area contributed by atoms with E-state index in [-0.39, 0.29) is 6.04 Å². The summed E-state index contributed by atoms with van der Waals surface area (Å²) in [6, 6.07) is 3.61. The lowest BCUT2D eigenvalue weighted by Gasteiger charge is -2.16. The number of nitrogens with zero attached hydrogens (tertiary/aromatic N) is 3. The van der Waals surface area contributed by atoms with Crippen LogP contribution in [0.25, 0.3) is 0 Å². The second kappa shape index (κ2) is 5.75. The molecule has 2 rings (SSSR count). The first-order valence-electron chi connectivity index (χ1n) is 6.23. The fourth-order valence-electron chi connectivity index (χ4n) is 1.98. The van der Waals surface area contributed by atoms with Gasteiger partial charge in [0.1, 0.15) is 5.75 Å². The van der Waals surface area contributed by atoms with Gasteiger partial charge in [0.2, 0.25) is 0 Å². The highest BCUT2D eigenvalue weighted by molar-refractivity contribution is 5.35. The topological polar surface area (TPSA) is 73.9 Å². The highest BCUT2D eigenvalue weighted by Crippen LogP contribution is 2.24. The van der Waals surface area contributed by atoms with Crippen LogP contribution >= 0.6 is 0 Å². The lowest BCUT2D eigenvalue weighted by Crippen LogP contribution is -2.16. The molecule has 2 aromatic rings. The van der Waals surface area contributed by atoms with Gasteiger partial charge in [-0.25, -0.2) is 0 Å². The van der Waals surface area contributed by atoms with Crippen molar-refractivity contribution >= 4 is 0 Å². The van der Waals surface area contributed by atoms with Crippen molar-refractivity contribution in [2.24, 2.45) is 5.73 Å². The van der Waals surface area contributed by atoms with Gasteiger partial charge in [-0.2, -0.15) is 10.2 Å². The van der Waals surface area contributed by atoms with Crippen molar-refractivity contribution in [2.75, 3.05) is 7.11 Å². The summed E-state index contributed by atoms with van der Waals surface area (Å²) in [5.41, 5.74) is 9.99. The summed E-state index contributed by atoms with van der Waals surface area (Å²) in [5, 5.41) is 8.28. The zero-order valence-electron chi connectivity index (χ0n) is 11.4. The van der Waals surface area contributed by atoms with Crippen molar-refractivity contribution in [1.82, 2.24) is 15.2 Å². The van der Waals surface area contributed by atoms with E-state index >= 15 is 0 Å². The van der Waals surface area contributed by atoms with Crippen LogP contribution in [0, 0.1) is 6.92 Å². The van der Waals surface area contributed by atoms with Crippen molar-refractivity contribution in [2.45, 2.75) is 26.3 Å². The Morgan fingerprint density at radius 3 is 2.74 bits per heavy atom. The Morgan fingerprint density at radius 1 is 1.26 bits per heavy atom. The molecule has 0 spiro atoms. The summed E-state index contributed by atoms with van der Waals surface area (Å²) < 4.78 is 5.18. The first-order valence-corrected chi connectivity index (χ1v) is 6.23. The van der Waals surface area contributed by atoms with Gasteiger partial charge in [0.15, 0.2) is 0 Å². The third-order valence-corrected chi connectivity index (χ3v) is 3.03. The molecular formula is C14H18N4O. The molecule has 0 bridgehead atoms. The predicted octanol–water partition coefficient (Wildman–Crippen LogP) is 1.80. The van der Waals surface area contributed by atoms with Crippen molar-refractivity contribution < 1.29 is 4.74 Å². The highest BCUT2D eigenvalue weighted by Gasteiger charge is 2.15. The lowest BCUT2D eigenvalue weighted by atomic mass is 9.98. The zero-order chi connectivity index (χ0) is 13.8. The number of hydrogen-bond acceptors (Lipinski definition) is 5. The smallest absolute Gasteiger partial charge is 0.137 e. The van der Waals surface area contributed by atoms with Crippen LogP contribution in [-0.2, 0) is 6.42 Å². The van der Waals surface area contributed by atoms with Crippen LogP contribution in [0.2, 0.25) is 0 Å². The van der Waals surface area contributed by atoms with E-state index in [2.05, 4.69) is 15.2 Å². The Labute approximate surface area is 112 Å². The SMILES string of the molecule is CCc1nnc(C)cc1C(N)c1cncc(OC)c1. The van der Waals surface area contributed by atoms with E-state index < -0.39 is 0 Å². The van der Waals surface area contributed by atoms with Crippen LogP contribution in [0.4, 0.5) is 0 Å². The molecule has 0 aliphatic heterocycles. The van der Waals surface area contributed by atoms with Crippen LogP contribution in [0.1, 0.15) is 35.5 Å². The minimum Gasteiger partial charge on any atom is -0.495 e. The molecule has 0 saturated heterocycles. The molecule has 5 heteroatoms. The normalized spacial score (nSPS) is 12.2. The van der Waals surface area contributed by atoms with Crippen molar-refractivity contribution in [3.8, 4) is 5.75 Å². The molecule has 100 valence electrons. The molecular weight excluding hydrogens is 240 g/mol. The summed E-state index contributed by atoms with van der Waals surface area (Å²) in [4.78, 5) is 4.14. The number of nitrogens with two attached hydrogens (primary N) is 1. The van der Waals surface area contributed by atoms with Gasteiger partial charge in [-0.1, -0.05) is 6.92 Å². The minimum atomic E-state index is -0.272. The van der Waals surface area contributed by atoms with E-state index in [4.69, 9.17) is 10.5 Å². The van der Waals surface area contributed by atoms with E-state index in [0.29, 0.717) is 5.75 Å². The standard InChI is InChI=1S/C14H18N4O/c1-4-13-12(5-9(2)17-18-13)14(15)10-6-11(19-3)8-16-7-10/h5-8,14H,4,15H2,1-3H3. The van der Waals surface area contributed by atoms with Gasteiger partial charge in [-0.15, -0.1) is 0 Å². The Bertz CT molecular complexity index is 571. The first-order chi connectivity index (χ1) is 9.15. The molecule has 0 aromatic carbocycles. The summed E-state index contributed by atoms with van der Waals surface area (Å²) >= 11 is 0. The molecule has 2 heterocycles. The maximum Gasteiger partial charge on any atom is 0.137 e. The van der Waals surface area contributed by atoms with Gasteiger partial charge < -0.3 is 10.5 Å². The molecule has 2 N–H and O–H groups in total. The Hall–Kier alpha value is -2.01. The van der Waals surface area contributed by atoms with Gasteiger partial charge in [0.25, 0.3) is 0 Å². The third-order valence-electron chi connectivity index (χ3n) is 3.03. The van der Waals surface area contributed by atoms with Crippen LogP contribution < -0.4 is 10.5 Å². The van der Waals surface area contributed by atoms with Crippen LogP contribution in [-0.4, -0.2) is 22.3 Å². The Kier molecular flexibility index (Phi) is 4.06. The largest absolute Gasteiger partial charge is 0.495 e.